The standard InChI is InChI=1S/C22H25NO4/c1-16(2)23(3)21(24)15-27-22(25)19(17-10-6-5-7-11-17)14-18-12-8-9-13-20(18)26-4/h5-14,16H,15H2,1-4H3/b19-14+. The van der Waals surface area contributed by atoms with Gasteiger partial charge < -0.3 is 14.4 Å². The molecule has 5 nitrogen and oxygen atoms in total. The topological polar surface area (TPSA) is 55.8 Å². The van der Waals surface area contributed by atoms with Gasteiger partial charge in [-0.3, -0.25) is 4.79 Å². The summed E-state index contributed by atoms with van der Waals surface area (Å²) in [5.74, 6) is -0.157. The van der Waals surface area contributed by atoms with Crippen molar-refractivity contribution in [2.24, 2.45) is 0 Å². The predicted octanol–water partition coefficient (Wildman–Crippen LogP) is 3.65. The molecule has 0 bridgehead atoms. The third kappa shape index (κ3) is 5.45. The third-order valence-electron chi connectivity index (χ3n) is 4.24. The predicted molar refractivity (Wildman–Crippen MR) is 106 cm³/mol. The normalized spacial score (nSPS) is 11.2. The van der Waals surface area contributed by atoms with Gasteiger partial charge in [-0.15, -0.1) is 0 Å². The summed E-state index contributed by atoms with van der Waals surface area (Å²) in [5, 5.41) is 0. The number of hydrogen-bond acceptors (Lipinski definition) is 4. The number of nitrogens with zero attached hydrogens (tertiary/aromatic N) is 1. The van der Waals surface area contributed by atoms with E-state index >= 15 is 0 Å². The zero-order valence-corrected chi connectivity index (χ0v) is 16.1. The maximum atomic E-state index is 12.7. The molecule has 0 saturated carbocycles. The molecule has 0 N–H and O–H groups in total. The van der Waals surface area contributed by atoms with Crippen molar-refractivity contribution in [3.8, 4) is 5.75 Å². The molecule has 0 saturated heterocycles. The Labute approximate surface area is 160 Å². The molecule has 0 aliphatic rings. The Morgan fingerprint density at radius 3 is 2.30 bits per heavy atom. The Kier molecular flexibility index (Phi) is 7.17. The number of likely N-dealkylation sites (N-methyl/N-ethyl adjacent to an activating group) is 1. The highest BCUT2D eigenvalue weighted by Gasteiger charge is 2.18. The van der Waals surface area contributed by atoms with E-state index in [1.807, 2.05) is 68.4 Å². The van der Waals surface area contributed by atoms with Gasteiger partial charge in [-0.2, -0.15) is 0 Å². The number of amides is 1. The van der Waals surface area contributed by atoms with Crippen molar-refractivity contribution in [2.45, 2.75) is 19.9 Å². The fraction of sp³-hybridized carbons (Fsp3) is 0.273. The Balaban J connectivity index is 2.30. The van der Waals surface area contributed by atoms with Crippen molar-refractivity contribution in [1.29, 1.82) is 0 Å². The van der Waals surface area contributed by atoms with Crippen LogP contribution >= 0.6 is 0 Å². The van der Waals surface area contributed by atoms with E-state index in [1.54, 1.807) is 25.1 Å². The Morgan fingerprint density at radius 2 is 1.67 bits per heavy atom. The summed E-state index contributed by atoms with van der Waals surface area (Å²) < 4.78 is 10.7. The van der Waals surface area contributed by atoms with Crippen molar-refractivity contribution >= 4 is 23.5 Å². The van der Waals surface area contributed by atoms with Crippen LogP contribution < -0.4 is 4.74 Å². The van der Waals surface area contributed by atoms with Gasteiger partial charge >= 0.3 is 5.97 Å². The minimum atomic E-state index is -0.558. The highest BCUT2D eigenvalue weighted by atomic mass is 16.5. The van der Waals surface area contributed by atoms with Crippen molar-refractivity contribution in [2.75, 3.05) is 20.8 Å². The third-order valence-corrected chi connectivity index (χ3v) is 4.24. The maximum Gasteiger partial charge on any atom is 0.339 e. The van der Waals surface area contributed by atoms with Crippen molar-refractivity contribution in [1.82, 2.24) is 4.90 Å². The lowest BCUT2D eigenvalue weighted by atomic mass is 10.0. The molecular weight excluding hydrogens is 342 g/mol. The summed E-state index contributed by atoms with van der Waals surface area (Å²) >= 11 is 0. The van der Waals surface area contributed by atoms with Crippen LogP contribution in [0.4, 0.5) is 0 Å². The average Bonchev–Trinajstić information content (AvgIpc) is 2.70. The molecule has 2 aromatic rings. The zero-order chi connectivity index (χ0) is 19.8. The molecule has 1 amide bonds. The molecule has 0 aliphatic carbocycles. The maximum absolute atomic E-state index is 12.7. The highest BCUT2D eigenvalue weighted by molar-refractivity contribution is 6.22. The average molecular weight is 367 g/mol. The zero-order valence-electron chi connectivity index (χ0n) is 16.1. The Bertz CT molecular complexity index is 812. The molecule has 2 rings (SSSR count). The van der Waals surface area contributed by atoms with E-state index in [0.29, 0.717) is 16.9 Å². The molecule has 5 heteroatoms. The number of carbonyl (C=O) groups excluding carboxylic acids is 2. The largest absolute Gasteiger partial charge is 0.496 e. The second-order valence-corrected chi connectivity index (χ2v) is 6.34. The Hall–Kier alpha value is -3.08. The first-order valence-electron chi connectivity index (χ1n) is 8.77. The minimum Gasteiger partial charge on any atom is -0.496 e. The van der Waals surface area contributed by atoms with Crippen LogP contribution in [0, 0.1) is 0 Å². The van der Waals surface area contributed by atoms with Gasteiger partial charge in [0, 0.05) is 18.7 Å². The first kappa shape index (κ1) is 20.2. The molecule has 0 atom stereocenters. The molecule has 0 heterocycles. The van der Waals surface area contributed by atoms with Gasteiger partial charge in [0.1, 0.15) is 5.75 Å². The summed E-state index contributed by atoms with van der Waals surface area (Å²) in [6.45, 7) is 3.50. The van der Waals surface area contributed by atoms with Crippen LogP contribution in [0.5, 0.6) is 5.75 Å². The lowest BCUT2D eigenvalue weighted by Crippen LogP contribution is -2.36. The van der Waals surface area contributed by atoms with Gasteiger partial charge in [0.25, 0.3) is 5.91 Å². The summed E-state index contributed by atoms with van der Waals surface area (Å²) in [6.07, 6.45) is 1.72. The molecule has 0 unspecified atom stereocenters. The number of benzene rings is 2. The number of esters is 1. The van der Waals surface area contributed by atoms with E-state index in [2.05, 4.69) is 0 Å². The number of carbonyl (C=O) groups is 2. The summed E-state index contributed by atoms with van der Waals surface area (Å²) in [5.41, 5.74) is 1.82. The van der Waals surface area contributed by atoms with Gasteiger partial charge in [-0.05, 0) is 31.6 Å². The smallest absolute Gasteiger partial charge is 0.339 e. The molecule has 142 valence electrons. The van der Waals surface area contributed by atoms with Gasteiger partial charge in [0.2, 0.25) is 0 Å². The van der Waals surface area contributed by atoms with E-state index in [1.165, 1.54) is 0 Å². The molecule has 0 aromatic heterocycles. The second-order valence-electron chi connectivity index (χ2n) is 6.34. The number of hydrogen-bond donors (Lipinski definition) is 0. The van der Waals surface area contributed by atoms with Gasteiger partial charge in [-0.25, -0.2) is 4.79 Å². The highest BCUT2D eigenvalue weighted by Crippen LogP contribution is 2.25. The van der Waals surface area contributed by atoms with Crippen LogP contribution in [0.1, 0.15) is 25.0 Å². The quantitative estimate of drug-likeness (QED) is 0.426. The van der Waals surface area contributed by atoms with Crippen LogP contribution in [-0.2, 0) is 14.3 Å². The van der Waals surface area contributed by atoms with Gasteiger partial charge in [-0.1, -0.05) is 48.5 Å². The van der Waals surface area contributed by atoms with Crippen LogP contribution in [0.2, 0.25) is 0 Å². The van der Waals surface area contributed by atoms with Crippen molar-refractivity contribution in [3.63, 3.8) is 0 Å². The monoisotopic (exact) mass is 367 g/mol. The van der Waals surface area contributed by atoms with Crippen LogP contribution in [0.3, 0.4) is 0 Å². The van der Waals surface area contributed by atoms with E-state index in [9.17, 15) is 9.59 Å². The van der Waals surface area contributed by atoms with E-state index in [0.717, 1.165) is 5.56 Å². The van der Waals surface area contributed by atoms with Crippen LogP contribution in [-0.4, -0.2) is 43.6 Å². The first-order valence-corrected chi connectivity index (χ1v) is 8.77. The first-order chi connectivity index (χ1) is 12.9. The summed E-state index contributed by atoms with van der Waals surface area (Å²) in [6, 6.07) is 16.6. The lowest BCUT2D eigenvalue weighted by molar-refractivity contribution is -0.147. The van der Waals surface area contributed by atoms with E-state index in [4.69, 9.17) is 9.47 Å². The SMILES string of the molecule is COc1ccccc1/C=C(/C(=O)OCC(=O)N(C)C(C)C)c1ccccc1. The lowest BCUT2D eigenvalue weighted by Gasteiger charge is -2.21. The number of methoxy groups -OCH3 is 1. The van der Waals surface area contributed by atoms with Gasteiger partial charge in [0.05, 0.1) is 12.7 Å². The van der Waals surface area contributed by atoms with E-state index < -0.39 is 5.97 Å². The van der Waals surface area contributed by atoms with Crippen LogP contribution in [0.25, 0.3) is 11.6 Å². The van der Waals surface area contributed by atoms with E-state index in [-0.39, 0.29) is 18.6 Å². The Morgan fingerprint density at radius 1 is 1.04 bits per heavy atom. The fourth-order valence-electron chi connectivity index (χ4n) is 2.41. The fourth-order valence-corrected chi connectivity index (χ4v) is 2.41. The molecule has 2 aromatic carbocycles. The number of ether oxygens (including phenoxy) is 2. The number of rotatable bonds is 7. The second kappa shape index (κ2) is 9.57. The van der Waals surface area contributed by atoms with Crippen molar-refractivity contribution < 1.29 is 19.1 Å². The molecule has 0 radical (unpaired) electrons. The molecule has 0 fully saturated rings. The van der Waals surface area contributed by atoms with Gasteiger partial charge in [0.15, 0.2) is 6.61 Å². The summed E-state index contributed by atoms with van der Waals surface area (Å²) in [7, 11) is 3.26. The molecule has 27 heavy (non-hydrogen) atoms. The van der Waals surface area contributed by atoms with Crippen LogP contribution in [0.15, 0.2) is 54.6 Å². The molecular formula is C22H25NO4. The minimum absolute atomic E-state index is 0.0360. The summed E-state index contributed by atoms with van der Waals surface area (Å²) in [4.78, 5) is 26.4. The molecule has 0 spiro atoms. The number of para-hydroxylation sites is 1. The van der Waals surface area contributed by atoms with Crippen molar-refractivity contribution in [3.05, 3.63) is 65.7 Å². The molecule has 0 aliphatic heterocycles.